The smallest absolute Gasteiger partial charge is 0.456 e. The van der Waals surface area contributed by atoms with E-state index in [0.29, 0.717) is 17.4 Å². The second kappa shape index (κ2) is 63.9. The number of carbonyl (C=O) groups is 2. The van der Waals surface area contributed by atoms with Crippen LogP contribution in [-0.2, 0) is 27.9 Å². The van der Waals surface area contributed by atoms with Crippen molar-refractivity contribution in [3.63, 3.8) is 0 Å². The first-order chi connectivity index (χ1) is 41.4. The van der Waals surface area contributed by atoms with Crippen molar-refractivity contribution < 1.29 is 37.3 Å². The molecule has 0 aliphatic rings. The molecule has 0 radical (unpaired) electrons. The summed E-state index contributed by atoms with van der Waals surface area (Å²) in [4.78, 5) is 37.9. The van der Waals surface area contributed by atoms with Gasteiger partial charge in [-0.25, -0.2) is 4.57 Å². The van der Waals surface area contributed by atoms with Gasteiger partial charge < -0.3 is 19.4 Å². The van der Waals surface area contributed by atoms with E-state index < -0.39 is 20.0 Å². The average molecular weight is 1210 g/mol. The fourth-order valence-electron chi connectivity index (χ4n) is 10.1. The molecule has 0 aromatic rings. The molecule has 0 saturated heterocycles. The van der Waals surface area contributed by atoms with Crippen molar-refractivity contribution >= 4 is 19.7 Å². The minimum Gasteiger partial charge on any atom is -0.456 e. The lowest BCUT2D eigenvalue weighted by Gasteiger charge is -2.27. The van der Waals surface area contributed by atoms with Crippen molar-refractivity contribution in [1.29, 1.82) is 0 Å². The van der Waals surface area contributed by atoms with E-state index in [9.17, 15) is 19.0 Å². The van der Waals surface area contributed by atoms with Gasteiger partial charge >= 0.3 is 13.8 Å². The molecule has 1 amide bonds. The second-order valence-electron chi connectivity index (χ2n) is 25.0. The summed E-state index contributed by atoms with van der Waals surface area (Å²) < 4.78 is 30.8. The van der Waals surface area contributed by atoms with Gasteiger partial charge in [0.1, 0.15) is 19.3 Å². The summed E-state index contributed by atoms with van der Waals surface area (Å²) in [5, 5.41) is 3.06. The number of quaternary nitrogens is 1. The summed E-state index contributed by atoms with van der Waals surface area (Å²) in [5.74, 6) is -0.512. The summed E-state index contributed by atoms with van der Waals surface area (Å²) >= 11 is 0. The van der Waals surface area contributed by atoms with Crippen LogP contribution in [-0.4, -0.2) is 74.3 Å². The molecule has 0 aromatic carbocycles. The lowest BCUT2D eigenvalue weighted by Crippen LogP contribution is -2.47. The van der Waals surface area contributed by atoms with Crippen LogP contribution in [0.15, 0.2) is 97.2 Å². The first-order valence-electron chi connectivity index (χ1n) is 35.6. The van der Waals surface area contributed by atoms with E-state index in [-0.39, 0.29) is 31.5 Å². The Morgan fingerprint density at radius 2 is 0.753 bits per heavy atom. The van der Waals surface area contributed by atoms with Crippen molar-refractivity contribution in [2.45, 2.75) is 328 Å². The molecule has 3 unspecified atom stereocenters. The zero-order valence-electron chi connectivity index (χ0n) is 56.3. The summed E-state index contributed by atoms with van der Waals surface area (Å²) in [6.45, 7) is 6.90. The van der Waals surface area contributed by atoms with Gasteiger partial charge in [-0.05, 0) is 109 Å². The second-order valence-corrected chi connectivity index (χ2v) is 26.5. The highest BCUT2D eigenvalue weighted by Gasteiger charge is 2.30. The maximum absolute atomic E-state index is 13.6. The number of rotatable bonds is 64. The van der Waals surface area contributed by atoms with Crippen LogP contribution >= 0.6 is 7.82 Å². The predicted molar refractivity (Wildman–Crippen MR) is 369 cm³/mol. The summed E-state index contributed by atoms with van der Waals surface area (Å²) in [5.41, 5.74) is 0. The van der Waals surface area contributed by atoms with Crippen molar-refractivity contribution in [2.75, 3.05) is 40.9 Å². The Morgan fingerprint density at radius 3 is 1.14 bits per heavy atom. The number of phosphoric acid groups is 1. The van der Waals surface area contributed by atoms with Crippen LogP contribution in [0.2, 0.25) is 0 Å². The molecule has 0 heterocycles. The molecule has 10 heteroatoms. The zero-order chi connectivity index (χ0) is 62.1. The van der Waals surface area contributed by atoms with Gasteiger partial charge in [0.2, 0.25) is 5.91 Å². The number of hydrogen-bond donors (Lipinski definition) is 2. The molecular weight excluding hydrogens is 1070 g/mol. The van der Waals surface area contributed by atoms with Gasteiger partial charge in [0, 0.05) is 12.8 Å². The highest BCUT2D eigenvalue weighted by molar-refractivity contribution is 7.47. The highest BCUT2D eigenvalue weighted by atomic mass is 31.2. The molecule has 85 heavy (non-hydrogen) atoms. The monoisotopic (exact) mass is 1210 g/mol. The molecule has 0 aliphatic heterocycles. The first-order valence-corrected chi connectivity index (χ1v) is 37.1. The Hall–Kier alpha value is -3.07. The Morgan fingerprint density at radius 1 is 0.424 bits per heavy atom. The standard InChI is InChI=1S/C75H135N2O7P/c1-7-10-13-16-19-22-25-27-29-31-33-35-36-37-38-39-40-42-43-45-47-49-52-55-58-61-64-67-74(78)76-72(71-83-85(80,81)82-70-69-77(4,5)6)73(66-63-60-57-54-51-24-21-18-15-12-9-3)84-75(79)68-65-62-59-56-53-50-48-46-44-41-34-32-30-28-26-23-20-17-14-11-8-2/h10,13,19,22,27-30,33,35,37-38,40,42,63,66,72-73H,7-9,11-12,14-18,20-21,23-26,31-32,34,36,39,41,43-62,64-65,67-71H2,1-6H3,(H-,76,78,80,81)/p+1/b13-10-,22-19-,29-27-,30-28+,35-33-,38-37-,42-40-,66-63-. The van der Waals surface area contributed by atoms with Gasteiger partial charge in [0.05, 0.1) is 33.8 Å². The average Bonchev–Trinajstić information content (AvgIpc) is 3.64. The van der Waals surface area contributed by atoms with Crippen LogP contribution in [0.4, 0.5) is 0 Å². The molecule has 2 N–H and O–H groups in total. The van der Waals surface area contributed by atoms with Crippen molar-refractivity contribution in [3.05, 3.63) is 97.2 Å². The number of allylic oxidation sites excluding steroid dienone is 15. The quantitative estimate of drug-likeness (QED) is 0.0205. The predicted octanol–water partition coefficient (Wildman–Crippen LogP) is 22.7. The van der Waals surface area contributed by atoms with Gasteiger partial charge in [-0.15, -0.1) is 0 Å². The molecule has 0 saturated carbocycles. The van der Waals surface area contributed by atoms with E-state index >= 15 is 0 Å². The number of esters is 1. The van der Waals surface area contributed by atoms with Gasteiger partial charge in [0.25, 0.3) is 0 Å². The minimum absolute atomic E-state index is 0.0351. The number of nitrogens with zero attached hydrogens (tertiary/aromatic N) is 1. The molecule has 9 nitrogen and oxygen atoms in total. The number of nitrogens with one attached hydrogen (secondary N) is 1. The molecular formula is C75H136N2O7P+. The van der Waals surface area contributed by atoms with Crippen LogP contribution in [0.1, 0.15) is 316 Å². The van der Waals surface area contributed by atoms with E-state index in [1.807, 2.05) is 33.3 Å². The van der Waals surface area contributed by atoms with Gasteiger partial charge in [-0.3, -0.25) is 18.6 Å². The molecule has 0 aromatic heterocycles. The van der Waals surface area contributed by atoms with Crippen LogP contribution in [0.25, 0.3) is 0 Å². The maximum atomic E-state index is 13.6. The summed E-state index contributed by atoms with van der Waals surface area (Å²) in [6, 6.07) is -0.859. The highest BCUT2D eigenvalue weighted by Crippen LogP contribution is 2.43. The fourth-order valence-corrected chi connectivity index (χ4v) is 10.8. The molecule has 3 atom stereocenters. The Kier molecular flexibility index (Phi) is 61.6. The Bertz CT molecular complexity index is 1780. The van der Waals surface area contributed by atoms with Crippen molar-refractivity contribution in [1.82, 2.24) is 5.32 Å². The van der Waals surface area contributed by atoms with E-state index in [1.54, 1.807) is 0 Å². The number of ether oxygens (including phenoxy) is 1. The molecule has 492 valence electrons. The Labute approximate surface area is 526 Å². The number of unbranched alkanes of at least 4 members (excludes halogenated alkanes) is 34. The maximum Gasteiger partial charge on any atom is 0.472 e. The van der Waals surface area contributed by atoms with Crippen molar-refractivity contribution in [2.24, 2.45) is 0 Å². The first kappa shape index (κ1) is 81.9. The topological polar surface area (TPSA) is 111 Å². The third kappa shape index (κ3) is 65.2. The lowest BCUT2D eigenvalue weighted by molar-refractivity contribution is -0.870. The van der Waals surface area contributed by atoms with Crippen LogP contribution in [0, 0.1) is 0 Å². The number of amides is 1. The largest absolute Gasteiger partial charge is 0.472 e. The molecule has 0 spiro atoms. The van der Waals surface area contributed by atoms with E-state index in [4.69, 9.17) is 13.8 Å². The summed E-state index contributed by atoms with van der Waals surface area (Å²) in [7, 11) is 1.49. The molecule has 0 rings (SSSR count). The number of hydrogen-bond acceptors (Lipinski definition) is 6. The van der Waals surface area contributed by atoms with Gasteiger partial charge in [-0.2, -0.15) is 0 Å². The molecule has 0 fully saturated rings. The van der Waals surface area contributed by atoms with Crippen molar-refractivity contribution in [3.8, 4) is 0 Å². The van der Waals surface area contributed by atoms with Gasteiger partial charge in [-0.1, -0.05) is 292 Å². The third-order valence-corrected chi connectivity index (χ3v) is 16.5. The van der Waals surface area contributed by atoms with E-state index in [2.05, 4.69) is 111 Å². The van der Waals surface area contributed by atoms with Crippen LogP contribution in [0.3, 0.4) is 0 Å². The Balaban J connectivity index is 5.05. The lowest BCUT2D eigenvalue weighted by atomic mass is 10.0. The van der Waals surface area contributed by atoms with E-state index in [1.165, 1.54) is 173 Å². The summed E-state index contributed by atoms with van der Waals surface area (Å²) in [6.07, 6.45) is 87.0. The van der Waals surface area contributed by atoms with Gasteiger partial charge in [0.15, 0.2) is 0 Å². The number of phosphoric ester groups is 1. The number of likely N-dealkylation sites (N-methyl/N-ethyl adjacent to an activating group) is 1. The third-order valence-electron chi connectivity index (χ3n) is 15.5. The SMILES string of the molecule is CC/C=C\C/C=C\C/C=C\C/C=C\C/C=C\C/C=C\CCCCCCCCCCC(=O)NC(COP(=O)(O)OCC[N+](C)(C)C)C(/C=C\CCCCCCCCCCC)OC(=O)CCCCCCCCCCCCC/C=C/CCCCCCCC. The fraction of sp³-hybridized carbons (Fsp3) is 0.760. The molecule has 0 bridgehead atoms. The minimum atomic E-state index is -4.46. The van der Waals surface area contributed by atoms with E-state index in [0.717, 1.165) is 109 Å². The zero-order valence-corrected chi connectivity index (χ0v) is 57.2. The van der Waals surface area contributed by atoms with Crippen LogP contribution in [0.5, 0.6) is 0 Å². The number of carbonyl (C=O) groups excluding carboxylic acids is 2. The van der Waals surface area contributed by atoms with Crippen LogP contribution < -0.4 is 5.32 Å². The molecule has 0 aliphatic carbocycles. The normalized spacial score (nSPS) is 14.1.